The maximum Gasteiger partial charge on any atom is 0.338 e. The highest BCUT2D eigenvalue weighted by Gasteiger charge is 2.33. The minimum Gasteiger partial charge on any atom is -0.502 e. The van der Waals surface area contributed by atoms with Crippen molar-refractivity contribution in [2.75, 3.05) is 13.7 Å². The smallest absolute Gasteiger partial charge is 0.338 e. The second kappa shape index (κ2) is 9.55. The van der Waals surface area contributed by atoms with E-state index in [1.54, 1.807) is 45.2 Å². The normalized spacial score (nSPS) is 15.4. The fourth-order valence-electron chi connectivity index (χ4n) is 3.82. The van der Waals surface area contributed by atoms with Gasteiger partial charge >= 0.3 is 11.7 Å². The Balaban J connectivity index is 1.93. The summed E-state index contributed by atoms with van der Waals surface area (Å²) in [5.74, 6) is -0.422. The predicted molar refractivity (Wildman–Crippen MR) is 128 cm³/mol. The van der Waals surface area contributed by atoms with E-state index in [2.05, 4.69) is 4.99 Å². The first-order valence-corrected chi connectivity index (χ1v) is 11.4. The van der Waals surface area contributed by atoms with Gasteiger partial charge in [-0.2, -0.15) is 0 Å². The standard InChI is InChI=1S/C24H21N3O7S/c1-4-34-23(30)20-13(2)25-24-26(21(20)15-6-8-16(33-3)9-7-15)22(29)19(35-24)12-14-5-10-18(28)17(11-14)27(31)32/h5-12,21,28H,4H2,1-3H3/t21-/m1/s1. The van der Waals surface area contributed by atoms with Crippen molar-refractivity contribution in [3.63, 3.8) is 0 Å². The first kappa shape index (κ1) is 23.9. The Morgan fingerprint density at radius 1 is 1.29 bits per heavy atom. The summed E-state index contributed by atoms with van der Waals surface area (Å²) >= 11 is 1.10. The number of carbonyl (C=O) groups excluding carboxylic acids is 1. The zero-order chi connectivity index (χ0) is 25.3. The molecule has 0 saturated carbocycles. The van der Waals surface area contributed by atoms with Crippen LogP contribution in [-0.2, 0) is 9.53 Å². The lowest BCUT2D eigenvalue weighted by molar-refractivity contribution is -0.385. The van der Waals surface area contributed by atoms with Crippen LogP contribution in [0.25, 0.3) is 6.08 Å². The molecular formula is C24H21N3O7S. The first-order valence-electron chi connectivity index (χ1n) is 10.6. The van der Waals surface area contributed by atoms with Gasteiger partial charge in [0, 0.05) is 6.07 Å². The third kappa shape index (κ3) is 4.45. The molecule has 1 aromatic heterocycles. The lowest BCUT2D eigenvalue weighted by Crippen LogP contribution is -2.39. The number of ether oxygens (including phenoxy) is 2. The molecule has 0 fully saturated rings. The van der Waals surface area contributed by atoms with E-state index in [1.165, 1.54) is 28.8 Å². The van der Waals surface area contributed by atoms with Gasteiger partial charge in [-0.15, -0.1) is 0 Å². The molecule has 0 spiro atoms. The number of thiazole rings is 1. The molecule has 0 bridgehead atoms. The van der Waals surface area contributed by atoms with Crippen molar-refractivity contribution in [3.05, 3.63) is 94.7 Å². The number of hydrogen-bond donors (Lipinski definition) is 1. The molecule has 0 aliphatic carbocycles. The summed E-state index contributed by atoms with van der Waals surface area (Å²) in [5, 5.41) is 20.9. The molecule has 11 heteroatoms. The number of methoxy groups -OCH3 is 1. The lowest BCUT2D eigenvalue weighted by Gasteiger charge is -2.24. The Hall–Kier alpha value is -4.25. The summed E-state index contributed by atoms with van der Waals surface area (Å²) in [4.78, 5) is 41.8. The molecular weight excluding hydrogens is 474 g/mol. The Kier molecular flexibility index (Phi) is 6.52. The molecule has 0 amide bonds. The van der Waals surface area contributed by atoms with Crippen molar-refractivity contribution in [1.29, 1.82) is 0 Å². The number of benzene rings is 2. The van der Waals surface area contributed by atoms with Crippen molar-refractivity contribution in [3.8, 4) is 11.5 Å². The van der Waals surface area contributed by atoms with Crippen LogP contribution in [0.2, 0.25) is 0 Å². The monoisotopic (exact) mass is 495 g/mol. The molecule has 1 aliphatic rings. The van der Waals surface area contributed by atoms with Crippen LogP contribution in [0.3, 0.4) is 0 Å². The molecule has 10 nitrogen and oxygen atoms in total. The van der Waals surface area contributed by atoms with E-state index >= 15 is 0 Å². The molecule has 0 radical (unpaired) electrons. The first-order chi connectivity index (χ1) is 16.7. The quantitative estimate of drug-likeness (QED) is 0.315. The molecule has 35 heavy (non-hydrogen) atoms. The maximum atomic E-state index is 13.5. The molecule has 0 saturated heterocycles. The van der Waals surface area contributed by atoms with E-state index in [4.69, 9.17) is 9.47 Å². The Bertz CT molecular complexity index is 1530. The van der Waals surface area contributed by atoms with Crippen molar-refractivity contribution in [2.24, 2.45) is 4.99 Å². The van der Waals surface area contributed by atoms with Crippen molar-refractivity contribution >= 4 is 29.1 Å². The minimum absolute atomic E-state index is 0.162. The van der Waals surface area contributed by atoms with E-state index in [-0.39, 0.29) is 16.7 Å². The zero-order valence-corrected chi connectivity index (χ0v) is 19.9. The number of phenols is 1. The highest BCUT2D eigenvalue weighted by molar-refractivity contribution is 7.07. The van der Waals surface area contributed by atoms with Crippen LogP contribution in [0.15, 0.2) is 63.5 Å². The molecule has 0 unspecified atom stereocenters. The summed E-state index contributed by atoms with van der Waals surface area (Å²) in [6.45, 7) is 3.54. The summed E-state index contributed by atoms with van der Waals surface area (Å²) < 4.78 is 12.2. The van der Waals surface area contributed by atoms with E-state index < -0.39 is 33.9 Å². The molecule has 2 aromatic carbocycles. The van der Waals surface area contributed by atoms with Gasteiger partial charge in [-0.25, -0.2) is 9.79 Å². The average molecular weight is 496 g/mol. The maximum absolute atomic E-state index is 13.5. The van der Waals surface area contributed by atoms with E-state index in [0.29, 0.717) is 27.4 Å². The summed E-state index contributed by atoms with van der Waals surface area (Å²) in [7, 11) is 1.54. The van der Waals surface area contributed by atoms with Gasteiger partial charge in [-0.3, -0.25) is 19.5 Å². The van der Waals surface area contributed by atoms with Crippen LogP contribution in [0.4, 0.5) is 5.69 Å². The Morgan fingerprint density at radius 2 is 2.00 bits per heavy atom. The third-order valence-electron chi connectivity index (χ3n) is 5.44. The van der Waals surface area contributed by atoms with Crippen LogP contribution in [0, 0.1) is 10.1 Å². The molecule has 1 N–H and O–H groups in total. The topological polar surface area (TPSA) is 133 Å². The molecule has 1 aliphatic heterocycles. The molecule has 180 valence electrons. The van der Waals surface area contributed by atoms with Crippen LogP contribution >= 0.6 is 11.3 Å². The van der Waals surface area contributed by atoms with Gasteiger partial charge in [0.2, 0.25) is 0 Å². The summed E-state index contributed by atoms with van der Waals surface area (Å²) in [6.07, 6.45) is 1.49. The average Bonchev–Trinajstić information content (AvgIpc) is 3.13. The second-order valence-corrected chi connectivity index (χ2v) is 8.59. The Morgan fingerprint density at radius 3 is 2.63 bits per heavy atom. The van der Waals surface area contributed by atoms with Gasteiger partial charge in [0.05, 0.1) is 40.5 Å². The SMILES string of the molecule is CCOC(=O)C1=C(C)N=c2sc(=Cc3ccc(O)c([N+](=O)[O-])c3)c(=O)n2[C@@H]1c1ccc(OC)cc1. The van der Waals surface area contributed by atoms with E-state index in [0.717, 1.165) is 11.3 Å². The summed E-state index contributed by atoms with van der Waals surface area (Å²) in [6, 6.07) is 10.1. The molecule has 2 heterocycles. The molecule has 1 atom stereocenters. The fourth-order valence-corrected chi connectivity index (χ4v) is 4.87. The van der Waals surface area contributed by atoms with E-state index in [9.17, 15) is 24.8 Å². The van der Waals surface area contributed by atoms with Crippen molar-refractivity contribution < 1.29 is 24.3 Å². The zero-order valence-electron chi connectivity index (χ0n) is 19.0. The van der Waals surface area contributed by atoms with Gasteiger partial charge in [0.15, 0.2) is 10.6 Å². The van der Waals surface area contributed by atoms with Gasteiger partial charge < -0.3 is 14.6 Å². The van der Waals surface area contributed by atoms with Gasteiger partial charge in [0.25, 0.3) is 5.56 Å². The van der Waals surface area contributed by atoms with Crippen LogP contribution in [0.5, 0.6) is 11.5 Å². The number of aromatic hydroxyl groups is 1. The number of nitrogens with zero attached hydrogens (tertiary/aromatic N) is 3. The number of hydrogen-bond acceptors (Lipinski definition) is 9. The number of allylic oxidation sites excluding steroid dienone is 1. The number of carbonyl (C=O) groups is 1. The fraction of sp³-hybridized carbons (Fsp3) is 0.208. The highest BCUT2D eigenvalue weighted by Crippen LogP contribution is 2.31. The number of nitro groups is 1. The van der Waals surface area contributed by atoms with Crippen LogP contribution in [0.1, 0.15) is 31.0 Å². The van der Waals surface area contributed by atoms with Gasteiger partial charge in [-0.05, 0) is 49.2 Å². The lowest BCUT2D eigenvalue weighted by atomic mass is 9.96. The number of fused-ring (bicyclic) bond motifs is 1. The number of aromatic nitrogens is 1. The summed E-state index contributed by atoms with van der Waals surface area (Å²) in [5.41, 5.74) is 0.814. The van der Waals surface area contributed by atoms with Gasteiger partial charge in [0.1, 0.15) is 5.75 Å². The number of esters is 1. The van der Waals surface area contributed by atoms with Crippen molar-refractivity contribution in [2.45, 2.75) is 19.9 Å². The molecule has 3 aromatic rings. The highest BCUT2D eigenvalue weighted by atomic mass is 32.1. The van der Waals surface area contributed by atoms with Crippen LogP contribution < -0.4 is 19.6 Å². The minimum atomic E-state index is -0.785. The Labute approximate surface area is 202 Å². The van der Waals surface area contributed by atoms with Crippen molar-refractivity contribution in [1.82, 2.24) is 4.57 Å². The van der Waals surface area contributed by atoms with Crippen LogP contribution in [-0.4, -0.2) is 34.3 Å². The number of nitro benzene ring substituents is 1. The van der Waals surface area contributed by atoms with Gasteiger partial charge in [-0.1, -0.05) is 29.5 Å². The second-order valence-electron chi connectivity index (χ2n) is 7.58. The third-order valence-corrected chi connectivity index (χ3v) is 6.43. The molecule has 4 rings (SSSR count). The van der Waals surface area contributed by atoms with E-state index in [1.807, 2.05) is 0 Å². The number of rotatable bonds is 6. The number of phenolic OH excluding ortho intramolecular Hbond substituents is 1. The predicted octanol–water partition coefficient (Wildman–Crippen LogP) is 2.42. The largest absolute Gasteiger partial charge is 0.502 e.